The number of aromatic nitrogens is 1. The number of quaternary nitrogens is 1. The smallest absolute Gasteiger partial charge is 0.279 e. The van der Waals surface area contributed by atoms with Gasteiger partial charge in [0.15, 0.2) is 11.7 Å². The molecule has 0 spiro atoms. The van der Waals surface area contributed by atoms with Crippen molar-refractivity contribution in [1.29, 1.82) is 0 Å². The Morgan fingerprint density at radius 2 is 1.76 bits per heavy atom. The van der Waals surface area contributed by atoms with Crippen LogP contribution in [0.3, 0.4) is 0 Å². The molecule has 0 saturated carbocycles. The molecule has 0 bridgehead atoms. The first kappa shape index (κ1) is 19.4. The van der Waals surface area contributed by atoms with E-state index in [4.69, 9.17) is 11.6 Å². The molecule has 134 valence electrons. The quantitative estimate of drug-likeness (QED) is 0.738. The molecule has 1 amide bonds. The average molecular weight is 361 g/mol. The van der Waals surface area contributed by atoms with Crippen LogP contribution in [0.4, 0.5) is 5.69 Å². The Kier molecular flexibility index (Phi) is 6.97. The highest BCUT2D eigenvalue weighted by atomic mass is 35.5. The van der Waals surface area contributed by atoms with Crippen molar-refractivity contribution in [1.82, 2.24) is 4.98 Å². The molecule has 0 unspecified atom stereocenters. The minimum atomic E-state index is -0.0839. The summed E-state index contributed by atoms with van der Waals surface area (Å²) in [6.45, 7) is 9.06. The Morgan fingerprint density at radius 3 is 2.32 bits per heavy atom. The van der Waals surface area contributed by atoms with E-state index in [1.165, 1.54) is 11.1 Å². The number of rotatable bonds is 7. The predicted molar refractivity (Wildman–Crippen MR) is 103 cm³/mol. The van der Waals surface area contributed by atoms with E-state index in [0.717, 1.165) is 0 Å². The fourth-order valence-electron chi connectivity index (χ4n) is 2.81. The van der Waals surface area contributed by atoms with E-state index < -0.39 is 0 Å². The monoisotopic (exact) mass is 360 g/mol. The maximum Gasteiger partial charge on any atom is 0.279 e. The van der Waals surface area contributed by atoms with Gasteiger partial charge in [0.1, 0.15) is 6.04 Å². The van der Waals surface area contributed by atoms with E-state index in [1.807, 2.05) is 0 Å². The SMILES string of the molecule is CC(C)c1ccc([C@@H]([NH2+]CC(=O)Nc2cccnc2Cl)C(C)C)cc1. The number of nitrogens with one attached hydrogen (secondary N) is 1. The Balaban J connectivity index is 1.99. The van der Waals surface area contributed by atoms with Crippen LogP contribution in [-0.4, -0.2) is 17.4 Å². The normalized spacial score (nSPS) is 12.4. The highest BCUT2D eigenvalue weighted by Crippen LogP contribution is 2.21. The molecule has 1 aromatic carbocycles. The lowest BCUT2D eigenvalue weighted by Crippen LogP contribution is -2.88. The van der Waals surface area contributed by atoms with Gasteiger partial charge in [-0.2, -0.15) is 0 Å². The van der Waals surface area contributed by atoms with Gasteiger partial charge in [-0.25, -0.2) is 4.98 Å². The summed E-state index contributed by atoms with van der Waals surface area (Å²) in [5, 5.41) is 5.20. The number of pyridine rings is 1. The zero-order valence-electron chi connectivity index (χ0n) is 15.3. The molecule has 0 aliphatic heterocycles. The molecule has 0 radical (unpaired) electrons. The zero-order chi connectivity index (χ0) is 18.4. The van der Waals surface area contributed by atoms with Crippen LogP contribution in [0.2, 0.25) is 5.15 Å². The topological polar surface area (TPSA) is 58.6 Å². The summed E-state index contributed by atoms with van der Waals surface area (Å²) in [6, 6.07) is 12.4. The Morgan fingerprint density at radius 1 is 1.12 bits per heavy atom. The van der Waals surface area contributed by atoms with Gasteiger partial charge < -0.3 is 10.6 Å². The molecule has 25 heavy (non-hydrogen) atoms. The third-order valence-corrected chi connectivity index (χ3v) is 4.60. The van der Waals surface area contributed by atoms with Crippen LogP contribution in [0, 0.1) is 5.92 Å². The molecule has 0 saturated heterocycles. The molecule has 3 N–H and O–H groups in total. The van der Waals surface area contributed by atoms with Gasteiger partial charge in [-0.3, -0.25) is 4.79 Å². The predicted octanol–water partition coefficient (Wildman–Crippen LogP) is 3.76. The van der Waals surface area contributed by atoms with E-state index in [1.54, 1.807) is 18.3 Å². The molecule has 2 aromatic rings. The molecule has 0 fully saturated rings. The first-order chi connectivity index (χ1) is 11.9. The summed E-state index contributed by atoms with van der Waals surface area (Å²) in [6.07, 6.45) is 1.60. The molecular formula is C20H27ClN3O+. The van der Waals surface area contributed by atoms with Crippen molar-refractivity contribution < 1.29 is 10.1 Å². The van der Waals surface area contributed by atoms with Gasteiger partial charge in [-0.1, -0.05) is 63.6 Å². The van der Waals surface area contributed by atoms with Crippen LogP contribution in [0.15, 0.2) is 42.6 Å². The number of nitrogens with zero attached hydrogens (tertiary/aromatic N) is 1. The van der Waals surface area contributed by atoms with E-state index in [2.05, 4.69) is 67.6 Å². The number of hydrogen-bond donors (Lipinski definition) is 2. The molecule has 4 nitrogen and oxygen atoms in total. The van der Waals surface area contributed by atoms with Gasteiger partial charge in [0.2, 0.25) is 0 Å². The Bertz CT molecular complexity index is 698. The molecule has 2 rings (SSSR count). The summed E-state index contributed by atoms with van der Waals surface area (Å²) < 4.78 is 0. The standard InChI is InChI=1S/C20H26ClN3O/c1-13(2)15-7-9-16(10-8-15)19(14(3)4)23-12-18(25)24-17-6-5-11-22-20(17)21/h5-11,13-14,19,23H,12H2,1-4H3,(H,24,25)/p+1/t19-/m0/s1. The second-order valence-corrected chi connectivity index (χ2v) is 7.28. The maximum atomic E-state index is 12.2. The van der Waals surface area contributed by atoms with Crippen molar-refractivity contribution in [2.75, 3.05) is 11.9 Å². The first-order valence-electron chi connectivity index (χ1n) is 8.72. The number of nitrogens with two attached hydrogens (primary N) is 1. The van der Waals surface area contributed by atoms with Crippen LogP contribution in [0.5, 0.6) is 0 Å². The third-order valence-electron chi connectivity index (χ3n) is 4.30. The van der Waals surface area contributed by atoms with Crippen LogP contribution in [0.1, 0.15) is 50.8 Å². The molecule has 1 atom stereocenters. The molecule has 0 aliphatic rings. The van der Waals surface area contributed by atoms with Gasteiger partial charge >= 0.3 is 0 Å². The van der Waals surface area contributed by atoms with Gasteiger partial charge in [-0.15, -0.1) is 0 Å². The van der Waals surface area contributed by atoms with Gasteiger partial charge in [-0.05, 0) is 23.6 Å². The minimum absolute atomic E-state index is 0.0839. The van der Waals surface area contributed by atoms with E-state index in [9.17, 15) is 4.79 Å². The lowest BCUT2D eigenvalue weighted by Gasteiger charge is -2.20. The largest absolute Gasteiger partial charge is 0.332 e. The van der Waals surface area contributed by atoms with Gasteiger partial charge in [0, 0.05) is 17.7 Å². The van der Waals surface area contributed by atoms with Crippen molar-refractivity contribution in [3.8, 4) is 0 Å². The summed E-state index contributed by atoms with van der Waals surface area (Å²) >= 11 is 5.98. The highest BCUT2D eigenvalue weighted by molar-refractivity contribution is 6.32. The summed E-state index contributed by atoms with van der Waals surface area (Å²) in [7, 11) is 0. The molecular weight excluding hydrogens is 334 g/mol. The summed E-state index contributed by atoms with van der Waals surface area (Å²) in [5.74, 6) is 0.851. The van der Waals surface area contributed by atoms with Crippen molar-refractivity contribution in [2.24, 2.45) is 5.92 Å². The minimum Gasteiger partial charge on any atom is -0.332 e. The maximum absolute atomic E-state index is 12.2. The van der Waals surface area contributed by atoms with Crippen molar-refractivity contribution >= 4 is 23.2 Å². The van der Waals surface area contributed by atoms with E-state index in [0.29, 0.717) is 29.2 Å². The van der Waals surface area contributed by atoms with Crippen molar-refractivity contribution in [3.05, 3.63) is 58.9 Å². The van der Waals surface area contributed by atoms with Gasteiger partial charge in [0.05, 0.1) is 5.69 Å². The fraction of sp³-hybridized carbons (Fsp3) is 0.400. The van der Waals surface area contributed by atoms with Crippen molar-refractivity contribution in [2.45, 2.75) is 39.7 Å². The number of carbonyl (C=O) groups excluding carboxylic acids is 1. The van der Waals surface area contributed by atoms with Crippen LogP contribution >= 0.6 is 11.6 Å². The molecule has 5 heteroatoms. The van der Waals surface area contributed by atoms with Gasteiger partial charge in [0.25, 0.3) is 5.91 Å². The van der Waals surface area contributed by atoms with Crippen LogP contribution < -0.4 is 10.6 Å². The summed E-state index contributed by atoms with van der Waals surface area (Å²) in [5.41, 5.74) is 3.12. The number of amides is 1. The summed E-state index contributed by atoms with van der Waals surface area (Å²) in [4.78, 5) is 16.2. The number of hydrogen-bond acceptors (Lipinski definition) is 2. The van der Waals surface area contributed by atoms with Crippen molar-refractivity contribution in [3.63, 3.8) is 0 Å². The number of benzene rings is 1. The number of halogens is 1. The van der Waals surface area contributed by atoms with Crippen LogP contribution in [-0.2, 0) is 4.79 Å². The van der Waals surface area contributed by atoms with E-state index >= 15 is 0 Å². The van der Waals surface area contributed by atoms with Crippen LogP contribution in [0.25, 0.3) is 0 Å². The fourth-order valence-corrected chi connectivity index (χ4v) is 2.98. The average Bonchev–Trinajstić information content (AvgIpc) is 2.57. The molecule has 0 aliphatic carbocycles. The zero-order valence-corrected chi connectivity index (χ0v) is 16.0. The third kappa shape index (κ3) is 5.55. The second-order valence-electron chi connectivity index (χ2n) is 6.92. The Labute approximate surface area is 155 Å². The second kappa shape index (κ2) is 8.97. The highest BCUT2D eigenvalue weighted by Gasteiger charge is 2.21. The molecule has 1 heterocycles. The Hall–Kier alpha value is -1.91. The number of anilines is 1. The lowest BCUT2D eigenvalue weighted by molar-refractivity contribution is -0.692. The first-order valence-corrected chi connectivity index (χ1v) is 9.09. The number of carbonyl (C=O) groups is 1. The lowest BCUT2D eigenvalue weighted by atomic mass is 9.93. The molecule has 1 aromatic heterocycles. The van der Waals surface area contributed by atoms with E-state index in [-0.39, 0.29) is 11.9 Å².